The molecule has 0 saturated carbocycles. The van der Waals surface area contributed by atoms with E-state index >= 15 is 0 Å². The average molecular weight is 686 g/mol. The van der Waals surface area contributed by atoms with Crippen LogP contribution < -0.4 is 10.1 Å². The van der Waals surface area contributed by atoms with Gasteiger partial charge in [0.2, 0.25) is 0 Å². The summed E-state index contributed by atoms with van der Waals surface area (Å²) in [4.78, 5) is 13.7. The summed E-state index contributed by atoms with van der Waals surface area (Å²) in [6, 6.07) is 17.9. The maximum atomic E-state index is 13.5. The Morgan fingerprint density at radius 2 is 1.91 bits per heavy atom. The lowest BCUT2D eigenvalue weighted by atomic mass is 10.1. The molecule has 0 unspecified atom stereocenters. The molecule has 5 aromatic rings. The standard InChI is InChI=1S/C31H30BrFN4O4S2/c1-20(2)43(38,39)13-12-40-11-10-30-37-28(18-42-30)22-6-8-27-25(15-22)31(35-19-34-27)36-24-7-9-29(26(32)16-24)41-17-21-4-3-5-23(33)14-21/h3-9,14-16,18-20H,10-13,17H2,1-2H3,(H,34,35,36). The number of thiazole rings is 1. The molecule has 2 heterocycles. The minimum Gasteiger partial charge on any atom is -0.488 e. The van der Waals surface area contributed by atoms with Crippen LogP contribution in [0.3, 0.4) is 0 Å². The van der Waals surface area contributed by atoms with Crippen molar-refractivity contribution in [2.45, 2.75) is 32.1 Å². The van der Waals surface area contributed by atoms with Gasteiger partial charge >= 0.3 is 0 Å². The molecule has 224 valence electrons. The van der Waals surface area contributed by atoms with Crippen molar-refractivity contribution >= 4 is 59.5 Å². The second kappa shape index (κ2) is 13.9. The molecule has 0 aliphatic carbocycles. The van der Waals surface area contributed by atoms with Gasteiger partial charge in [-0.05, 0) is 77.8 Å². The molecule has 3 aromatic carbocycles. The van der Waals surface area contributed by atoms with E-state index in [1.807, 2.05) is 47.8 Å². The Bertz CT molecular complexity index is 1830. The van der Waals surface area contributed by atoms with Gasteiger partial charge in [-0.15, -0.1) is 11.3 Å². The van der Waals surface area contributed by atoms with E-state index in [-0.39, 0.29) is 24.8 Å². The maximum Gasteiger partial charge on any atom is 0.154 e. The number of sulfone groups is 1. The van der Waals surface area contributed by atoms with Crippen molar-refractivity contribution in [2.24, 2.45) is 0 Å². The highest BCUT2D eigenvalue weighted by molar-refractivity contribution is 9.10. The van der Waals surface area contributed by atoms with E-state index in [0.717, 1.165) is 42.9 Å². The second-order valence-corrected chi connectivity index (χ2v) is 14.5. The Balaban J connectivity index is 1.24. The summed E-state index contributed by atoms with van der Waals surface area (Å²) >= 11 is 5.11. The molecular formula is C31H30BrFN4O4S2. The number of halogens is 2. The predicted octanol–water partition coefficient (Wildman–Crippen LogP) is 7.36. The van der Waals surface area contributed by atoms with Crippen molar-refractivity contribution in [1.29, 1.82) is 0 Å². The molecule has 0 atom stereocenters. The summed E-state index contributed by atoms with van der Waals surface area (Å²) in [6.45, 7) is 4.19. The van der Waals surface area contributed by atoms with Crippen molar-refractivity contribution in [3.05, 3.63) is 93.2 Å². The molecule has 0 aliphatic heterocycles. The molecule has 0 aliphatic rings. The Kier molecular flexibility index (Phi) is 10.0. The first-order valence-corrected chi connectivity index (χ1v) is 17.0. The van der Waals surface area contributed by atoms with E-state index in [0.29, 0.717) is 24.6 Å². The molecule has 0 amide bonds. The van der Waals surface area contributed by atoms with Gasteiger partial charge in [-0.2, -0.15) is 0 Å². The van der Waals surface area contributed by atoms with Crippen molar-refractivity contribution in [2.75, 3.05) is 24.3 Å². The highest BCUT2D eigenvalue weighted by atomic mass is 79.9. The number of hydrogen-bond acceptors (Lipinski definition) is 9. The number of aromatic nitrogens is 3. The van der Waals surface area contributed by atoms with Gasteiger partial charge in [0.25, 0.3) is 0 Å². The molecule has 0 radical (unpaired) electrons. The van der Waals surface area contributed by atoms with Crippen LogP contribution in [0.1, 0.15) is 24.4 Å². The second-order valence-electron chi connectivity index (χ2n) is 10.0. The molecule has 0 bridgehead atoms. The van der Waals surface area contributed by atoms with Gasteiger partial charge in [-0.3, -0.25) is 0 Å². The highest BCUT2D eigenvalue weighted by Gasteiger charge is 2.16. The number of ether oxygens (including phenoxy) is 2. The molecule has 0 spiro atoms. The van der Waals surface area contributed by atoms with E-state index in [1.54, 1.807) is 19.9 Å². The smallest absolute Gasteiger partial charge is 0.154 e. The zero-order valence-electron chi connectivity index (χ0n) is 23.6. The fourth-order valence-electron chi connectivity index (χ4n) is 4.17. The SMILES string of the molecule is CC(C)S(=O)(=O)CCOCCc1nc(-c2ccc3ncnc(Nc4ccc(OCc5cccc(F)c5)c(Br)c4)c3c2)cs1. The van der Waals surface area contributed by atoms with Crippen LogP contribution in [0.2, 0.25) is 0 Å². The first kappa shape index (κ1) is 31.0. The van der Waals surface area contributed by atoms with E-state index in [4.69, 9.17) is 14.5 Å². The van der Waals surface area contributed by atoms with Crippen LogP contribution in [-0.4, -0.2) is 47.6 Å². The topological polar surface area (TPSA) is 103 Å². The number of nitrogens with one attached hydrogen (secondary N) is 1. The van der Waals surface area contributed by atoms with E-state index in [9.17, 15) is 12.8 Å². The first-order chi connectivity index (χ1) is 20.7. The molecule has 43 heavy (non-hydrogen) atoms. The molecule has 5 rings (SSSR count). The fourth-order valence-corrected chi connectivity index (χ4v) is 6.27. The number of fused-ring (bicyclic) bond motifs is 1. The largest absolute Gasteiger partial charge is 0.488 e. The minimum absolute atomic E-state index is 0.0226. The van der Waals surface area contributed by atoms with Crippen LogP contribution >= 0.6 is 27.3 Å². The summed E-state index contributed by atoms with van der Waals surface area (Å²) in [7, 11) is -3.11. The van der Waals surface area contributed by atoms with Gasteiger partial charge in [0, 0.05) is 28.4 Å². The van der Waals surface area contributed by atoms with Gasteiger partial charge in [0.1, 0.15) is 30.3 Å². The van der Waals surface area contributed by atoms with Gasteiger partial charge in [0.05, 0.1) is 44.9 Å². The molecule has 0 saturated heterocycles. The van der Waals surface area contributed by atoms with Crippen LogP contribution in [0.25, 0.3) is 22.2 Å². The Morgan fingerprint density at radius 3 is 2.70 bits per heavy atom. The number of benzene rings is 3. The number of rotatable bonds is 13. The number of hydrogen-bond donors (Lipinski definition) is 1. The summed E-state index contributed by atoms with van der Waals surface area (Å²) in [6.07, 6.45) is 2.12. The summed E-state index contributed by atoms with van der Waals surface area (Å²) in [5.74, 6) is 1.01. The van der Waals surface area contributed by atoms with Crippen LogP contribution in [-0.2, 0) is 27.6 Å². The quantitative estimate of drug-likeness (QED) is 0.128. The van der Waals surface area contributed by atoms with Crippen molar-refractivity contribution < 1.29 is 22.3 Å². The Hall–Kier alpha value is -3.45. The molecule has 0 fully saturated rings. The van der Waals surface area contributed by atoms with Crippen LogP contribution in [0, 0.1) is 5.82 Å². The monoisotopic (exact) mass is 684 g/mol. The third-order valence-electron chi connectivity index (χ3n) is 6.65. The average Bonchev–Trinajstić information content (AvgIpc) is 3.45. The number of nitrogens with zero attached hydrogens (tertiary/aromatic N) is 3. The third-order valence-corrected chi connectivity index (χ3v) is 10.4. The summed E-state index contributed by atoms with van der Waals surface area (Å²) in [5.41, 5.74) is 4.09. The third kappa shape index (κ3) is 8.14. The van der Waals surface area contributed by atoms with Crippen LogP contribution in [0.4, 0.5) is 15.9 Å². The summed E-state index contributed by atoms with van der Waals surface area (Å²) in [5, 5.41) is 6.72. The van der Waals surface area contributed by atoms with Crippen LogP contribution in [0.15, 0.2) is 76.8 Å². The lowest BCUT2D eigenvalue weighted by Crippen LogP contribution is -2.21. The zero-order chi connectivity index (χ0) is 30.4. The summed E-state index contributed by atoms with van der Waals surface area (Å²) < 4.78 is 49.5. The Labute approximate surface area is 262 Å². The molecule has 1 N–H and O–H groups in total. The molecule has 2 aromatic heterocycles. The van der Waals surface area contributed by atoms with E-state index < -0.39 is 15.1 Å². The van der Waals surface area contributed by atoms with Crippen molar-refractivity contribution in [3.8, 4) is 17.0 Å². The lowest BCUT2D eigenvalue weighted by Gasteiger charge is -2.12. The normalized spacial score (nSPS) is 11.7. The minimum atomic E-state index is -3.11. The van der Waals surface area contributed by atoms with Gasteiger partial charge < -0.3 is 14.8 Å². The van der Waals surface area contributed by atoms with Gasteiger partial charge in [-0.25, -0.2) is 27.8 Å². The van der Waals surface area contributed by atoms with Gasteiger partial charge in [0.15, 0.2) is 9.84 Å². The zero-order valence-corrected chi connectivity index (χ0v) is 26.8. The van der Waals surface area contributed by atoms with Gasteiger partial charge in [-0.1, -0.05) is 18.2 Å². The van der Waals surface area contributed by atoms with Crippen LogP contribution in [0.5, 0.6) is 5.75 Å². The van der Waals surface area contributed by atoms with E-state index in [1.165, 1.54) is 29.8 Å². The number of anilines is 2. The molecular weight excluding hydrogens is 655 g/mol. The first-order valence-electron chi connectivity index (χ1n) is 13.6. The fraction of sp³-hybridized carbons (Fsp3) is 0.258. The maximum absolute atomic E-state index is 13.5. The molecule has 8 nitrogen and oxygen atoms in total. The molecule has 12 heteroatoms. The highest BCUT2D eigenvalue weighted by Crippen LogP contribution is 2.33. The van der Waals surface area contributed by atoms with E-state index in [2.05, 4.69) is 31.2 Å². The van der Waals surface area contributed by atoms with Crippen molar-refractivity contribution in [1.82, 2.24) is 15.0 Å². The van der Waals surface area contributed by atoms with Crippen molar-refractivity contribution in [3.63, 3.8) is 0 Å². The lowest BCUT2D eigenvalue weighted by molar-refractivity contribution is 0.152. The predicted molar refractivity (Wildman–Crippen MR) is 172 cm³/mol. The Morgan fingerprint density at radius 1 is 1.05 bits per heavy atom.